The van der Waals surface area contributed by atoms with E-state index in [9.17, 15) is 4.79 Å². The maximum atomic E-state index is 11.4. The van der Waals surface area contributed by atoms with Gasteiger partial charge in [-0.3, -0.25) is 0 Å². The number of ether oxygens (including phenoxy) is 2. The van der Waals surface area contributed by atoms with Crippen molar-refractivity contribution < 1.29 is 19.4 Å². The van der Waals surface area contributed by atoms with Gasteiger partial charge in [0.05, 0.1) is 24.5 Å². The lowest BCUT2D eigenvalue weighted by atomic mass is 10.2. The Balaban J connectivity index is 2.68. The zero-order valence-electron chi connectivity index (χ0n) is 9.81. The largest absolute Gasteiger partial charge is 0.491 e. The zero-order chi connectivity index (χ0) is 12.7. The molecule has 5 nitrogen and oxygen atoms in total. The van der Waals surface area contributed by atoms with Gasteiger partial charge >= 0.3 is 5.97 Å². The third-order valence-electron chi connectivity index (χ3n) is 2.08. The predicted octanol–water partition coefficient (Wildman–Crippen LogP) is 1.21. The summed E-state index contributed by atoms with van der Waals surface area (Å²) in [4.78, 5) is 11.4. The maximum Gasteiger partial charge on any atom is 0.338 e. The zero-order valence-corrected chi connectivity index (χ0v) is 9.81. The van der Waals surface area contributed by atoms with Crippen LogP contribution in [0.25, 0.3) is 0 Å². The van der Waals surface area contributed by atoms with Crippen molar-refractivity contribution in [2.24, 2.45) is 0 Å². The van der Waals surface area contributed by atoms with Crippen molar-refractivity contribution in [1.29, 1.82) is 0 Å². The lowest BCUT2D eigenvalue weighted by Crippen LogP contribution is -2.07. The van der Waals surface area contributed by atoms with Gasteiger partial charge in [0.1, 0.15) is 5.75 Å². The van der Waals surface area contributed by atoms with E-state index in [4.69, 9.17) is 20.3 Å². The number of anilines is 1. The third-order valence-corrected chi connectivity index (χ3v) is 2.08. The Kier molecular flexibility index (Phi) is 5.29. The van der Waals surface area contributed by atoms with E-state index in [1.165, 1.54) is 6.07 Å². The summed E-state index contributed by atoms with van der Waals surface area (Å²) < 4.78 is 10.2. The number of hydrogen-bond acceptors (Lipinski definition) is 5. The van der Waals surface area contributed by atoms with Crippen LogP contribution in [0.4, 0.5) is 5.69 Å². The fourth-order valence-corrected chi connectivity index (χ4v) is 1.27. The van der Waals surface area contributed by atoms with Gasteiger partial charge in [-0.05, 0) is 25.1 Å². The third kappa shape index (κ3) is 3.96. The summed E-state index contributed by atoms with van der Waals surface area (Å²) in [6.45, 7) is 2.53. The highest BCUT2D eigenvalue weighted by Gasteiger charge is 2.09. The number of nitrogens with two attached hydrogens (primary N) is 1. The van der Waals surface area contributed by atoms with Crippen molar-refractivity contribution in [3.8, 4) is 5.75 Å². The Labute approximate surface area is 100 Å². The van der Waals surface area contributed by atoms with E-state index in [1.807, 2.05) is 0 Å². The molecule has 5 heteroatoms. The number of aliphatic hydroxyl groups is 1. The Morgan fingerprint density at radius 1 is 1.47 bits per heavy atom. The average Bonchev–Trinajstić information content (AvgIpc) is 2.31. The molecule has 0 saturated heterocycles. The first kappa shape index (κ1) is 13.3. The van der Waals surface area contributed by atoms with E-state index in [2.05, 4.69) is 0 Å². The van der Waals surface area contributed by atoms with Gasteiger partial charge in [-0.2, -0.15) is 0 Å². The van der Waals surface area contributed by atoms with Gasteiger partial charge in [0, 0.05) is 13.0 Å². The van der Waals surface area contributed by atoms with E-state index in [0.717, 1.165) is 0 Å². The molecule has 1 rings (SSSR count). The highest BCUT2D eigenvalue weighted by atomic mass is 16.5. The van der Waals surface area contributed by atoms with E-state index in [0.29, 0.717) is 36.6 Å². The van der Waals surface area contributed by atoms with E-state index in [1.54, 1.807) is 19.1 Å². The number of benzene rings is 1. The summed E-state index contributed by atoms with van der Waals surface area (Å²) in [5.41, 5.74) is 6.53. The monoisotopic (exact) mass is 239 g/mol. The molecule has 0 saturated carbocycles. The second-order valence-corrected chi connectivity index (χ2v) is 3.40. The van der Waals surface area contributed by atoms with Gasteiger partial charge in [-0.1, -0.05) is 0 Å². The number of hydrogen-bond donors (Lipinski definition) is 2. The molecular weight excluding hydrogens is 222 g/mol. The van der Waals surface area contributed by atoms with Gasteiger partial charge in [-0.25, -0.2) is 4.79 Å². The molecule has 0 unspecified atom stereocenters. The smallest absolute Gasteiger partial charge is 0.338 e. The van der Waals surface area contributed by atoms with Crippen LogP contribution < -0.4 is 10.5 Å². The van der Waals surface area contributed by atoms with Crippen molar-refractivity contribution in [3.05, 3.63) is 23.8 Å². The number of carbonyl (C=O) groups is 1. The van der Waals surface area contributed by atoms with Gasteiger partial charge < -0.3 is 20.3 Å². The molecule has 0 radical (unpaired) electrons. The van der Waals surface area contributed by atoms with Gasteiger partial charge in [0.2, 0.25) is 0 Å². The second kappa shape index (κ2) is 6.75. The number of rotatable bonds is 6. The molecule has 0 atom stereocenters. The molecular formula is C12H17NO4. The number of carbonyl (C=O) groups excluding carboxylic acids is 1. The molecule has 0 aliphatic rings. The molecule has 1 aromatic carbocycles. The summed E-state index contributed by atoms with van der Waals surface area (Å²) in [6, 6.07) is 4.74. The molecule has 0 fully saturated rings. The molecule has 94 valence electrons. The minimum absolute atomic E-state index is 0.0703. The predicted molar refractivity (Wildman–Crippen MR) is 64.0 cm³/mol. The SMILES string of the molecule is CCOC(=O)c1ccc(OCCCO)c(N)c1. The highest BCUT2D eigenvalue weighted by molar-refractivity contribution is 5.91. The van der Waals surface area contributed by atoms with E-state index < -0.39 is 5.97 Å². The molecule has 0 spiro atoms. The quantitative estimate of drug-likeness (QED) is 0.443. The van der Waals surface area contributed by atoms with Crippen molar-refractivity contribution in [3.63, 3.8) is 0 Å². The summed E-state index contributed by atoms with van der Waals surface area (Å²) in [6.07, 6.45) is 0.541. The molecule has 17 heavy (non-hydrogen) atoms. The summed E-state index contributed by atoms with van der Waals surface area (Å²) in [7, 11) is 0. The Morgan fingerprint density at radius 3 is 2.82 bits per heavy atom. The van der Waals surface area contributed by atoms with Crippen LogP contribution in [-0.4, -0.2) is 30.9 Å². The van der Waals surface area contributed by atoms with Gasteiger partial charge in [-0.15, -0.1) is 0 Å². The first-order valence-electron chi connectivity index (χ1n) is 5.49. The van der Waals surface area contributed by atoms with Gasteiger partial charge in [0.15, 0.2) is 0 Å². The second-order valence-electron chi connectivity index (χ2n) is 3.40. The first-order chi connectivity index (χ1) is 8.19. The number of esters is 1. The topological polar surface area (TPSA) is 81.8 Å². The molecule has 0 amide bonds. The standard InChI is InChI=1S/C12H17NO4/c1-2-16-12(15)9-4-5-11(10(13)8-9)17-7-3-6-14/h4-5,8,14H,2-3,6-7,13H2,1H3. The molecule has 3 N–H and O–H groups in total. The first-order valence-corrected chi connectivity index (χ1v) is 5.49. The van der Waals surface area contributed by atoms with Crippen molar-refractivity contribution >= 4 is 11.7 Å². The van der Waals surface area contributed by atoms with Crippen LogP contribution in [0.5, 0.6) is 5.75 Å². The lowest BCUT2D eigenvalue weighted by Gasteiger charge is -2.09. The van der Waals surface area contributed by atoms with Crippen LogP contribution in [0, 0.1) is 0 Å². The highest BCUT2D eigenvalue weighted by Crippen LogP contribution is 2.23. The van der Waals surface area contributed by atoms with Crippen LogP contribution in [0.1, 0.15) is 23.7 Å². The summed E-state index contributed by atoms with van der Waals surface area (Å²) in [5, 5.41) is 8.62. The molecule has 0 heterocycles. The summed E-state index contributed by atoms with van der Waals surface area (Å²) >= 11 is 0. The lowest BCUT2D eigenvalue weighted by molar-refractivity contribution is 0.0526. The maximum absolute atomic E-state index is 11.4. The van der Waals surface area contributed by atoms with Crippen LogP contribution in [-0.2, 0) is 4.74 Å². The fourth-order valence-electron chi connectivity index (χ4n) is 1.27. The van der Waals surface area contributed by atoms with Crippen LogP contribution in [0.2, 0.25) is 0 Å². The van der Waals surface area contributed by atoms with E-state index in [-0.39, 0.29) is 6.61 Å². The number of aliphatic hydroxyl groups excluding tert-OH is 1. The fraction of sp³-hybridized carbons (Fsp3) is 0.417. The average molecular weight is 239 g/mol. The molecule has 1 aromatic rings. The van der Waals surface area contributed by atoms with Crippen LogP contribution in [0.15, 0.2) is 18.2 Å². The Bertz CT molecular complexity index is 379. The molecule has 0 bridgehead atoms. The van der Waals surface area contributed by atoms with Crippen molar-refractivity contribution in [2.75, 3.05) is 25.6 Å². The number of nitrogen functional groups attached to an aromatic ring is 1. The van der Waals surface area contributed by atoms with Crippen LogP contribution in [0.3, 0.4) is 0 Å². The normalized spacial score (nSPS) is 10.0. The molecule has 0 aliphatic carbocycles. The van der Waals surface area contributed by atoms with E-state index >= 15 is 0 Å². The summed E-state index contributed by atoms with van der Waals surface area (Å²) in [5.74, 6) is 0.104. The van der Waals surface area contributed by atoms with Crippen molar-refractivity contribution in [1.82, 2.24) is 0 Å². The molecule has 0 aromatic heterocycles. The van der Waals surface area contributed by atoms with Gasteiger partial charge in [0.25, 0.3) is 0 Å². The molecule has 0 aliphatic heterocycles. The minimum atomic E-state index is -0.402. The minimum Gasteiger partial charge on any atom is -0.491 e. The van der Waals surface area contributed by atoms with Crippen molar-refractivity contribution in [2.45, 2.75) is 13.3 Å². The Hall–Kier alpha value is -1.75. The van der Waals surface area contributed by atoms with Crippen LogP contribution >= 0.6 is 0 Å². The Morgan fingerprint density at radius 2 is 2.24 bits per heavy atom.